The van der Waals surface area contributed by atoms with Crippen LogP contribution in [0.2, 0.25) is 0 Å². The molecule has 62 valence electrons. The van der Waals surface area contributed by atoms with Crippen molar-refractivity contribution in [2.24, 2.45) is 0 Å². The molecule has 11 heavy (non-hydrogen) atoms. The number of amides is 1. The highest BCUT2D eigenvalue weighted by Crippen LogP contribution is 2.31. The molecule has 2 aliphatic rings. The summed E-state index contributed by atoms with van der Waals surface area (Å²) in [6.45, 7) is 0.992. The third kappa shape index (κ3) is 1.43. The first kappa shape index (κ1) is 7.59. The van der Waals surface area contributed by atoms with Gasteiger partial charge in [0, 0.05) is 12.6 Å². The van der Waals surface area contributed by atoms with Crippen molar-refractivity contribution in [1.29, 1.82) is 0 Å². The van der Waals surface area contributed by atoms with Crippen LogP contribution in [0.5, 0.6) is 0 Å². The maximum Gasteiger partial charge on any atom is 0.236 e. The van der Waals surface area contributed by atoms with Gasteiger partial charge in [0.05, 0.1) is 4.83 Å². The Labute approximate surface area is 75.1 Å². The number of likely N-dealkylation sites (tertiary alicyclic amines) is 1. The maximum atomic E-state index is 11.5. The molecule has 1 aliphatic carbocycles. The predicted octanol–water partition coefficient (Wildman–Crippen LogP) is 1.53. The van der Waals surface area contributed by atoms with E-state index in [1.165, 1.54) is 12.8 Å². The van der Waals surface area contributed by atoms with E-state index in [-0.39, 0.29) is 4.83 Å². The molecule has 1 aliphatic heterocycles. The van der Waals surface area contributed by atoms with Gasteiger partial charge in [0.25, 0.3) is 0 Å². The van der Waals surface area contributed by atoms with Crippen LogP contribution in [-0.4, -0.2) is 28.2 Å². The molecule has 1 amide bonds. The SMILES string of the molecule is O=C1C(Br)CCCN1C1CC1. The first-order valence-corrected chi connectivity index (χ1v) is 5.15. The average Bonchev–Trinajstić information content (AvgIpc) is 2.77. The van der Waals surface area contributed by atoms with Crippen molar-refractivity contribution in [3.8, 4) is 0 Å². The zero-order valence-corrected chi connectivity index (χ0v) is 8.01. The van der Waals surface area contributed by atoms with Crippen LogP contribution in [-0.2, 0) is 4.79 Å². The molecular weight excluding hydrogens is 206 g/mol. The van der Waals surface area contributed by atoms with Crippen LogP contribution in [0, 0.1) is 0 Å². The Balaban J connectivity index is 2.01. The highest BCUT2D eigenvalue weighted by atomic mass is 79.9. The van der Waals surface area contributed by atoms with E-state index in [2.05, 4.69) is 15.9 Å². The van der Waals surface area contributed by atoms with Crippen LogP contribution in [0.1, 0.15) is 25.7 Å². The van der Waals surface area contributed by atoms with Crippen LogP contribution in [0.15, 0.2) is 0 Å². The first-order valence-electron chi connectivity index (χ1n) is 4.23. The smallest absolute Gasteiger partial charge is 0.236 e. The first-order chi connectivity index (χ1) is 5.29. The van der Waals surface area contributed by atoms with E-state index in [9.17, 15) is 4.79 Å². The molecule has 0 aromatic carbocycles. The van der Waals surface area contributed by atoms with Gasteiger partial charge in [0.2, 0.25) is 5.91 Å². The third-order valence-electron chi connectivity index (χ3n) is 2.40. The van der Waals surface area contributed by atoms with Crippen LogP contribution in [0.25, 0.3) is 0 Å². The van der Waals surface area contributed by atoms with Gasteiger partial charge in [-0.1, -0.05) is 15.9 Å². The minimum atomic E-state index is 0.108. The van der Waals surface area contributed by atoms with E-state index in [0.29, 0.717) is 11.9 Å². The summed E-state index contributed by atoms with van der Waals surface area (Å²) in [5.41, 5.74) is 0. The monoisotopic (exact) mass is 217 g/mol. The van der Waals surface area contributed by atoms with Gasteiger partial charge in [-0.05, 0) is 25.7 Å². The highest BCUT2D eigenvalue weighted by molar-refractivity contribution is 9.10. The normalized spacial score (nSPS) is 32.6. The van der Waals surface area contributed by atoms with Gasteiger partial charge in [-0.25, -0.2) is 0 Å². The predicted molar refractivity (Wildman–Crippen MR) is 46.7 cm³/mol. The lowest BCUT2D eigenvalue weighted by atomic mass is 10.1. The number of carbonyl (C=O) groups is 1. The molecular formula is C8H12BrNO. The van der Waals surface area contributed by atoms with E-state index in [1.54, 1.807) is 0 Å². The van der Waals surface area contributed by atoms with Gasteiger partial charge in [-0.3, -0.25) is 4.79 Å². The average molecular weight is 218 g/mol. The van der Waals surface area contributed by atoms with Crippen LogP contribution < -0.4 is 0 Å². The van der Waals surface area contributed by atoms with Crippen molar-refractivity contribution in [3.63, 3.8) is 0 Å². The van der Waals surface area contributed by atoms with Crippen LogP contribution >= 0.6 is 15.9 Å². The fraction of sp³-hybridized carbons (Fsp3) is 0.875. The van der Waals surface area contributed by atoms with Crippen molar-refractivity contribution in [2.75, 3.05) is 6.54 Å². The zero-order valence-electron chi connectivity index (χ0n) is 6.42. The summed E-state index contributed by atoms with van der Waals surface area (Å²) >= 11 is 3.40. The molecule has 0 spiro atoms. The van der Waals surface area contributed by atoms with Gasteiger partial charge in [-0.2, -0.15) is 0 Å². The standard InChI is InChI=1S/C8H12BrNO/c9-7-2-1-5-10(8(7)11)6-3-4-6/h6-7H,1-5H2. The topological polar surface area (TPSA) is 20.3 Å². The van der Waals surface area contributed by atoms with E-state index in [0.717, 1.165) is 19.4 Å². The van der Waals surface area contributed by atoms with Crippen molar-refractivity contribution < 1.29 is 4.79 Å². The van der Waals surface area contributed by atoms with E-state index < -0.39 is 0 Å². The molecule has 0 N–H and O–H groups in total. The molecule has 2 fully saturated rings. The van der Waals surface area contributed by atoms with Gasteiger partial charge in [0.1, 0.15) is 0 Å². The van der Waals surface area contributed by atoms with Gasteiger partial charge >= 0.3 is 0 Å². The Morgan fingerprint density at radius 2 is 2.09 bits per heavy atom. The summed E-state index contributed by atoms with van der Waals surface area (Å²) in [5, 5.41) is 0. The summed E-state index contributed by atoms with van der Waals surface area (Å²) < 4.78 is 0. The van der Waals surface area contributed by atoms with Gasteiger partial charge in [-0.15, -0.1) is 0 Å². The van der Waals surface area contributed by atoms with Gasteiger partial charge < -0.3 is 4.90 Å². The molecule has 3 heteroatoms. The fourth-order valence-corrected chi connectivity index (χ4v) is 2.19. The molecule has 2 rings (SSSR count). The van der Waals surface area contributed by atoms with Crippen LogP contribution in [0.3, 0.4) is 0 Å². The number of piperidine rings is 1. The lowest BCUT2D eigenvalue weighted by Gasteiger charge is -2.29. The molecule has 1 saturated heterocycles. The van der Waals surface area contributed by atoms with Gasteiger partial charge in [0.15, 0.2) is 0 Å². The van der Waals surface area contributed by atoms with Crippen molar-refractivity contribution >= 4 is 21.8 Å². The Hall–Kier alpha value is -0.0500. The number of carbonyl (C=O) groups excluding carboxylic acids is 1. The molecule has 0 aromatic heterocycles. The minimum absolute atomic E-state index is 0.108. The number of nitrogens with zero attached hydrogens (tertiary/aromatic N) is 1. The quantitative estimate of drug-likeness (QED) is 0.611. The second-order valence-corrected chi connectivity index (χ2v) is 4.48. The van der Waals surface area contributed by atoms with Crippen LogP contribution in [0.4, 0.5) is 0 Å². The lowest BCUT2D eigenvalue weighted by molar-refractivity contribution is -0.132. The number of rotatable bonds is 1. The fourth-order valence-electron chi connectivity index (χ4n) is 1.60. The Kier molecular flexibility index (Phi) is 1.91. The third-order valence-corrected chi connectivity index (χ3v) is 3.24. The molecule has 0 aromatic rings. The number of hydrogen-bond donors (Lipinski definition) is 0. The minimum Gasteiger partial charge on any atom is -0.339 e. The second kappa shape index (κ2) is 2.77. The number of halogens is 1. The second-order valence-electron chi connectivity index (χ2n) is 3.37. The maximum absolute atomic E-state index is 11.5. The lowest BCUT2D eigenvalue weighted by Crippen LogP contribution is -2.42. The summed E-state index contributed by atoms with van der Waals surface area (Å²) in [6.07, 6.45) is 4.64. The summed E-state index contributed by atoms with van der Waals surface area (Å²) in [6, 6.07) is 0.600. The molecule has 1 atom stereocenters. The Bertz CT molecular complexity index is 179. The Morgan fingerprint density at radius 3 is 2.73 bits per heavy atom. The summed E-state index contributed by atoms with van der Waals surface area (Å²) in [7, 11) is 0. The van der Waals surface area contributed by atoms with Crippen molar-refractivity contribution in [2.45, 2.75) is 36.6 Å². The van der Waals surface area contributed by atoms with Crippen molar-refractivity contribution in [3.05, 3.63) is 0 Å². The number of alkyl halides is 1. The van der Waals surface area contributed by atoms with E-state index in [1.807, 2.05) is 4.90 Å². The van der Waals surface area contributed by atoms with Crippen molar-refractivity contribution in [1.82, 2.24) is 4.90 Å². The molecule has 0 radical (unpaired) electrons. The number of hydrogen-bond acceptors (Lipinski definition) is 1. The zero-order chi connectivity index (χ0) is 7.84. The van der Waals surface area contributed by atoms with E-state index >= 15 is 0 Å². The Morgan fingerprint density at radius 1 is 1.36 bits per heavy atom. The molecule has 1 heterocycles. The van der Waals surface area contributed by atoms with E-state index in [4.69, 9.17) is 0 Å². The molecule has 0 bridgehead atoms. The summed E-state index contributed by atoms with van der Waals surface area (Å²) in [4.78, 5) is 13.6. The summed E-state index contributed by atoms with van der Waals surface area (Å²) in [5.74, 6) is 0.318. The molecule has 1 unspecified atom stereocenters. The molecule has 1 saturated carbocycles. The largest absolute Gasteiger partial charge is 0.339 e. The highest BCUT2D eigenvalue weighted by Gasteiger charge is 2.36. The molecule has 2 nitrogen and oxygen atoms in total.